The highest BCUT2D eigenvalue weighted by Gasteiger charge is 2.04. The molecule has 18 heavy (non-hydrogen) atoms. The first kappa shape index (κ1) is 14.5. The van der Waals surface area contributed by atoms with Gasteiger partial charge in [-0.3, -0.25) is 4.79 Å². The first-order valence-corrected chi connectivity index (χ1v) is 6.41. The number of nitrogens with zero attached hydrogens (tertiary/aromatic N) is 1. The van der Waals surface area contributed by atoms with Crippen molar-refractivity contribution in [3.8, 4) is 0 Å². The summed E-state index contributed by atoms with van der Waals surface area (Å²) in [6, 6.07) is 7.60. The fraction of sp³-hybridized carbons (Fsp3) is 0.500. The third kappa shape index (κ3) is 4.75. The summed E-state index contributed by atoms with van der Waals surface area (Å²) in [5.74, 6) is -0.0152. The van der Waals surface area contributed by atoms with Crippen LogP contribution < -0.4 is 15.5 Å². The number of rotatable bonds is 7. The van der Waals surface area contributed by atoms with E-state index in [0.29, 0.717) is 12.1 Å². The SMILES string of the molecule is CCCNCCNC(=O)c1ccc(N(C)C)cc1. The number of benzene rings is 1. The largest absolute Gasteiger partial charge is 0.378 e. The second-order valence-electron chi connectivity index (χ2n) is 4.45. The van der Waals surface area contributed by atoms with Gasteiger partial charge >= 0.3 is 0 Å². The zero-order valence-corrected chi connectivity index (χ0v) is 11.5. The van der Waals surface area contributed by atoms with Gasteiger partial charge in [0.25, 0.3) is 5.91 Å². The molecule has 0 aliphatic heterocycles. The molecule has 1 rings (SSSR count). The summed E-state index contributed by atoms with van der Waals surface area (Å²) in [5.41, 5.74) is 1.80. The molecule has 0 spiro atoms. The standard InChI is InChI=1S/C14H23N3O/c1-4-9-15-10-11-16-14(18)12-5-7-13(8-6-12)17(2)3/h5-8,15H,4,9-11H2,1-3H3,(H,16,18). The van der Waals surface area contributed by atoms with Gasteiger partial charge in [0, 0.05) is 38.4 Å². The molecule has 0 fully saturated rings. The van der Waals surface area contributed by atoms with Crippen LogP contribution in [0, 0.1) is 0 Å². The quantitative estimate of drug-likeness (QED) is 0.720. The second-order valence-corrected chi connectivity index (χ2v) is 4.45. The molecule has 0 unspecified atom stereocenters. The number of nitrogens with one attached hydrogen (secondary N) is 2. The lowest BCUT2D eigenvalue weighted by Gasteiger charge is -2.12. The topological polar surface area (TPSA) is 44.4 Å². The van der Waals surface area contributed by atoms with E-state index in [9.17, 15) is 4.79 Å². The van der Waals surface area contributed by atoms with Gasteiger partial charge in [0.2, 0.25) is 0 Å². The number of anilines is 1. The Morgan fingerprint density at radius 1 is 1.11 bits per heavy atom. The molecule has 0 atom stereocenters. The maximum absolute atomic E-state index is 11.8. The predicted molar refractivity (Wildman–Crippen MR) is 76.3 cm³/mol. The molecule has 4 heteroatoms. The Morgan fingerprint density at radius 2 is 1.78 bits per heavy atom. The van der Waals surface area contributed by atoms with E-state index in [1.54, 1.807) is 0 Å². The Bertz CT molecular complexity index is 360. The Hall–Kier alpha value is -1.55. The number of hydrogen-bond donors (Lipinski definition) is 2. The molecule has 0 aliphatic carbocycles. The van der Waals surface area contributed by atoms with Crippen molar-refractivity contribution < 1.29 is 4.79 Å². The third-order valence-corrected chi connectivity index (χ3v) is 2.66. The highest BCUT2D eigenvalue weighted by molar-refractivity contribution is 5.94. The maximum atomic E-state index is 11.8. The summed E-state index contributed by atoms with van der Waals surface area (Å²) in [6.45, 7) is 4.59. The van der Waals surface area contributed by atoms with Crippen LogP contribution in [0.5, 0.6) is 0 Å². The van der Waals surface area contributed by atoms with Gasteiger partial charge < -0.3 is 15.5 Å². The van der Waals surface area contributed by atoms with Crippen molar-refractivity contribution in [3.63, 3.8) is 0 Å². The Labute approximate surface area is 109 Å². The Morgan fingerprint density at radius 3 is 2.33 bits per heavy atom. The van der Waals surface area contributed by atoms with Gasteiger partial charge in [0.15, 0.2) is 0 Å². The molecule has 1 aromatic rings. The number of amides is 1. The van der Waals surface area contributed by atoms with Crippen LogP contribution in [0.15, 0.2) is 24.3 Å². The van der Waals surface area contributed by atoms with E-state index in [1.165, 1.54) is 0 Å². The molecule has 0 bridgehead atoms. The predicted octanol–water partition coefficient (Wildman–Crippen LogP) is 1.48. The van der Waals surface area contributed by atoms with Crippen molar-refractivity contribution >= 4 is 11.6 Å². The molecule has 1 amide bonds. The average molecular weight is 249 g/mol. The molecule has 0 saturated carbocycles. The summed E-state index contributed by atoms with van der Waals surface area (Å²) in [4.78, 5) is 13.8. The zero-order chi connectivity index (χ0) is 13.4. The minimum atomic E-state index is -0.0152. The lowest BCUT2D eigenvalue weighted by molar-refractivity contribution is 0.0954. The van der Waals surface area contributed by atoms with Crippen molar-refractivity contribution in [2.45, 2.75) is 13.3 Å². The molecule has 100 valence electrons. The third-order valence-electron chi connectivity index (χ3n) is 2.66. The van der Waals surface area contributed by atoms with E-state index in [0.717, 1.165) is 25.2 Å². The summed E-state index contributed by atoms with van der Waals surface area (Å²) in [5, 5.41) is 6.14. The lowest BCUT2D eigenvalue weighted by Crippen LogP contribution is -2.32. The van der Waals surface area contributed by atoms with Crippen molar-refractivity contribution in [2.24, 2.45) is 0 Å². The molecule has 0 radical (unpaired) electrons. The molecular weight excluding hydrogens is 226 g/mol. The second kappa shape index (κ2) is 7.71. The maximum Gasteiger partial charge on any atom is 0.251 e. The van der Waals surface area contributed by atoms with E-state index in [4.69, 9.17) is 0 Å². The summed E-state index contributed by atoms with van der Waals surface area (Å²) < 4.78 is 0. The molecule has 2 N–H and O–H groups in total. The van der Waals surface area contributed by atoms with Crippen molar-refractivity contribution in [1.82, 2.24) is 10.6 Å². The van der Waals surface area contributed by atoms with Crippen molar-refractivity contribution in [3.05, 3.63) is 29.8 Å². The van der Waals surface area contributed by atoms with Crippen LogP contribution in [-0.2, 0) is 0 Å². The number of carbonyl (C=O) groups is 1. The van der Waals surface area contributed by atoms with E-state index < -0.39 is 0 Å². The van der Waals surface area contributed by atoms with Crippen LogP contribution >= 0.6 is 0 Å². The van der Waals surface area contributed by atoms with E-state index in [2.05, 4.69) is 17.6 Å². The minimum absolute atomic E-state index is 0.0152. The van der Waals surface area contributed by atoms with E-state index in [1.807, 2.05) is 43.3 Å². The molecule has 0 saturated heterocycles. The van der Waals surface area contributed by atoms with Crippen LogP contribution in [0.1, 0.15) is 23.7 Å². The first-order valence-electron chi connectivity index (χ1n) is 6.41. The molecule has 0 aromatic heterocycles. The first-order chi connectivity index (χ1) is 8.65. The number of carbonyl (C=O) groups excluding carboxylic acids is 1. The minimum Gasteiger partial charge on any atom is -0.378 e. The monoisotopic (exact) mass is 249 g/mol. The zero-order valence-electron chi connectivity index (χ0n) is 11.5. The van der Waals surface area contributed by atoms with Crippen LogP contribution in [-0.4, -0.2) is 39.6 Å². The van der Waals surface area contributed by atoms with E-state index >= 15 is 0 Å². The summed E-state index contributed by atoms with van der Waals surface area (Å²) in [6.07, 6.45) is 1.11. The van der Waals surface area contributed by atoms with Gasteiger partial charge in [0.1, 0.15) is 0 Å². The molecule has 1 aromatic carbocycles. The van der Waals surface area contributed by atoms with Crippen molar-refractivity contribution in [1.29, 1.82) is 0 Å². The van der Waals surface area contributed by atoms with Crippen molar-refractivity contribution in [2.75, 3.05) is 38.6 Å². The van der Waals surface area contributed by atoms with Crippen LogP contribution in [0.3, 0.4) is 0 Å². The summed E-state index contributed by atoms with van der Waals surface area (Å²) in [7, 11) is 3.96. The number of hydrogen-bond acceptors (Lipinski definition) is 3. The average Bonchev–Trinajstić information content (AvgIpc) is 2.38. The van der Waals surface area contributed by atoms with Crippen LogP contribution in [0.25, 0.3) is 0 Å². The van der Waals surface area contributed by atoms with Gasteiger partial charge in [0.05, 0.1) is 0 Å². The molecule has 4 nitrogen and oxygen atoms in total. The van der Waals surface area contributed by atoms with Crippen LogP contribution in [0.4, 0.5) is 5.69 Å². The molecule has 0 aliphatic rings. The van der Waals surface area contributed by atoms with Gasteiger partial charge in [-0.05, 0) is 37.2 Å². The molecule has 0 heterocycles. The highest BCUT2D eigenvalue weighted by atomic mass is 16.1. The Kier molecular flexibility index (Phi) is 6.22. The normalized spacial score (nSPS) is 10.2. The van der Waals surface area contributed by atoms with Gasteiger partial charge in [-0.15, -0.1) is 0 Å². The summed E-state index contributed by atoms with van der Waals surface area (Å²) >= 11 is 0. The Balaban J connectivity index is 2.37. The van der Waals surface area contributed by atoms with Crippen LogP contribution in [0.2, 0.25) is 0 Å². The lowest BCUT2D eigenvalue weighted by atomic mass is 10.2. The van der Waals surface area contributed by atoms with Gasteiger partial charge in [-0.1, -0.05) is 6.92 Å². The van der Waals surface area contributed by atoms with Gasteiger partial charge in [-0.2, -0.15) is 0 Å². The van der Waals surface area contributed by atoms with Gasteiger partial charge in [-0.25, -0.2) is 0 Å². The van der Waals surface area contributed by atoms with E-state index in [-0.39, 0.29) is 5.91 Å². The fourth-order valence-corrected chi connectivity index (χ4v) is 1.58. The highest BCUT2D eigenvalue weighted by Crippen LogP contribution is 2.11. The molecular formula is C14H23N3O. The smallest absolute Gasteiger partial charge is 0.251 e. The fourth-order valence-electron chi connectivity index (χ4n) is 1.58.